The Labute approximate surface area is 69.9 Å². The minimum atomic E-state index is -0.670. The summed E-state index contributed by atoms with van der Waals surface area (Å²) in [5.74, 6) is 0. The lowest BCUT2D eigenvalue weighted by Crippen LogP contribution is -2.16. The van der Waals surface area contributed by atoms with Crippen molar-refractivity contribution >= 4 is 14.0 Å². The van der Waals surface area contributed by atoms with Gasteiger partial charge in [0, 0.05) is 6.42 Å². The number of ether oxygens (including phenoxy) is 1. The molecular formula is C8H16O2Si. The molecule has 1 heterocycles. The molecule has 0 aromatic carbocycles. The first-order chi connectivity index (χ1) is 5.38. The van der Waals surface area contributed by atoms with Crippen LogP contribution in [0.1, 0.15) is 26.7 Å². The Hall–Kier alpha value is -0.313. The first kappa shape index (κ1) is 8.78. The van der Waals surface area contributed by atoms with Crippen molar-refractivity contribution in [1.29, 1.82) is 0 Å². The first-order valence-electron chi connectivity index (χ1n) is 4.36. The topological polar surface area (TPSA) is 18.5 Å². The lowest BCUT2D eigenvalue weighted by molar-refractivity contribution is 0.316. The fourth-order valence-electron chi connectivity index (χ4n) is 1.34. The summed E-state index contributed by atoms with van der Waals surface area (Å²) in [6, 6.07) is 1.24. The highest BCUT2D eigenvalue weighted by molar-refractivity contribution is 6.65. The Kier molecular flexibility index (Phi) is 3.63. The molecular weight excluding hydrogens is 156 g/mol. The smallest absolute Gasteiger partial charge is 0.273 e. The van der Waals surface area contributed by atoms with Gasteiger partial charge in [0.05, 0.1) is 13.2 Å². The van der Waals surface area contributed by atoms with Gasteiger partial charge in [-0.2, -0.15) is 0 Å². The second-order valence-electron chi connectivity index (χ2n) is 2.57. The summed E-state index contributed by atoms with van der Waals surface area (Å²) < 4.78 is 11.1. The number of rotatable bonds is 4. The standard InChI is InChI=1S/C8H16O2Si/c1-3-9-8-6-5-7-11(8)10-4-2/h3-7H2,1-2H3. The van der Waals surface area contributed by atoms with Crippen LogP contribution in [0.2, 0.25) is 6.04 Å². The third-order valence-corrected chi connectivity index (χ3v) is 4.22. The van der Waals surface area contributed by atoms with E-state index in [9.17, 15) is 0 Å². The average Bonchev–Trinajstić information content (AvgIpc) is 2.39. The third kappa shape index (κ3) is 2.33. The zero-order valence-electron chi connectivity index (χ0n) is 7.35. The van der Waals surface area contributed by atoms with Gasteiger partial charge in [0.1, 0.15) is 5.35 Å². The van der Waals surface area contributed by atoms with Crippen LogP contribution in [-0.4, -0.2) is 27.2 Å². The molecule has 64 valence electrons. The van der Waals surface area contributed by atoms with Gasteiger partial charge in [0.25, 0.3) is 8.65 Å². The van der Waals surface area contributed by atoms with E-state index in [-0.39, 0.29) is 0 Å². The fourth-order valence-corrected chi connectivity index (χ4v) is 3.53. The van der Waals surface area contributed by atoms with Crippen molar-refractivity contribution in [2.24, 2.45) is 0 Å². The van der Waals surface area contributed by atoms with Crippen LogP contribution in [0.25, 0.3) is 0 Å². The molecule has 0 amide bonds. The van der Waals surface area contributed by atoms with E-state index in [1.54, 1.807) is 0 Å². The highest BCUT2D eigenvalue weighted by Crippen LogP contribution is 2.11. The van der Waals surface area contributed by atoms with Crippen molar-refractivity contribution in [3.05, 3.63) is 0 Å². The minimum Gasteiger partial charge on any atom is -0.548 e. The molecule has 0 saturated heterocycles. The normalized spacial score (nSPS) is 17.3. The minimum absolute atomic E-state index is 0.670. The summed E-state index contributed by atoms with van der Waals surface area (Å²) >= 11 is 0. The van der Waals surface area contributed by atoms with E-state index in [0.717, 1.165) is 19.6 Å². The molecule has 0 radical (unpaired) electrons. The molecule has 1 aliphatic heterocycles. The Morgan fingerprint density at radius 1 is 1.36 bits per heavy atom. The van der Waals surface area contributed by atoms with Crippen LogP contribution in [0.3, 0.4) is 0 Å². The summed E-state index contributed by atoms with van der Waals surface area (Å²) in [6.07, 6.45) is 2.41. The summed E-state index contributed by atoms with van der Waals surface area (Å²) in [6.45, 7) is 5.73. The average molecular weight is 172 g/mol. The molecule has 0 aliphatic carbocycles. The van der Waals surface area contributed by atoms with Crippen LogP contribution in [0.15, 0.2) is 0 Å². The van der Waals surface area contributed by atoms with Gasteiger partial charge in [-0.25, -0.2) is 0 Å². The van der Waals surface area contributed by atoms with E-state index in [1.807, 2.05) is 6.92 Å². The molecule has 0 aromatic heterocycles. The first-order valence-corrected chi connectivity index (χ1v) is 5.97. The zero-order chi connectivity index (χ0) is 8.10. The highest BCUT2D eigenvalue weighted by atomic mass is 28.3. The van der Waals surface area contributed by atoms with Crippen LogP contribution >= 0.6 is 0 Å². The molecule has 1 rings (SSSR count). The monoisotopic (exact) mass is 172 g/mol. The lowest BCUT2D eigenvalue weighted by Gasteiger charge is -2.07. The van der Waals surface area contributed by atoms with E-state index in [4.69, 9.17) is 9.16 Å². The molecule has 1 aliphatic rings. The van der Waals surface area contributed by atoms with E-state index in [1.165, 1.54) is 17.8 Å². The summed E-state index contributed by atoms with van der Waals surface area (Å²) in [5, 5.41) is 1.26. The molecule has 0 saturated carbocycles. The molecule has 0 atom stereocenters. The SMILES string of the molecule is CCOC1=[Si](OCC)CCC1. The summed E-state index contributed by atoms with van der Waals surface area (Å²) in [5.41, 5.74) is 0. The Morgan fingerprint density at radius 3 is 2.82 bits per heavy atom. The van der Waals surface area contributed by atoms with Gasteiger partial charge < -0.3 is 9.16 Å². The summed E-state index contributed by atoms with van der Waals surface area (Å²) in [7, 11) is -0.670. The molecule has 0 bridgehead atoms. The summed E-state index contributed by atoms with van der Waals surface area (Å²) in [4.78, 5) is 0. The van der Waals surface area contributed by atoms with Crippen LogP contribution in [-0.2, 0) is 9.16 Å². The van der Waals surface area contributed by atoms with Crippen LogP contribution < -0.4 is 0 Å². The maximum atomic E-state index is 5.61. The van der Waals surface area contributed by atoms with Crippen LogP contribution in [0, 0.1) is 0 Å². The van der Waals surface area contributed by atoms with E-state index >= 15 is 0 Å². The Morgan fingerprint density at radius 2 is 2.18 bits per heavy atom. The van der Waals surface area contributed by atoms with E-state index < -0.39 is 8.65 Å². The zero-order valence-corrected chi connectivity index (χ0v) is 8.35. The quantitative estimate of drug-likeness (QED) is 0.599. The van der Waals surface area contributed by atoms with Crippen LogP contribution in [0.4, 0.5) is 0 Å². The van der Waals surface area contributed by atoms with Gasteiger partial charge in [-0.1, -0.05) is 0 Å². The molecule has 0 spiro atoms. The predicted octanol–water partition coefficient (Wildman–Crippen LogP) is 1.56. The van der Waals surface area contributed by atoms with E-state index in [2.05, 4.69) is 6.92 Å². The van der Waals surface area contributed by atoms with Gasteiger partial charge in [0.2, 0.25) is 0 Å². The largest absolute Gasteiger partial charge is 0.548 e. The van der Waals surface area contributed by atoms with Crippen molar-refractivity contribution in [2.75, 3.05) is 13.2 Å². The highest BCUT2D eigenvalue weighted by Gasteiger charge is 2.18. The second-order valence-corrected chi connectivity index (χ2v) is 4.76. The molecule has 3 heteroatoms. The van der Waals surface area contributed by atoms with Crippen molar-refractivity contribution < 1.29 is 9.16 Å². The maximum absolute atomic E-state index is 5.61. The molecule has 11 heavy (non-hydrogen) atoms. The van der Waals surface area contributed by atoms with Gasteiger partial charge in [-0.3, -0.25) is 0 Å². The van der Waals surface area contributed by atoms with Gasteiger partial charge in [-0.15, -0.1) is 0 Å². The molecule has 2 nitrogen and oxygen atoms in total. The Bertz CT molecular complexity index is 138. The number of hydrogen-bond donors (Lipinski definition) is 0. The van der Waals surface area contributed by atoms with Gasteiger partial charge in [0.15, 0.2) is 0 Å². The lowest BCUT2D eigenvalue weighted by atomic mass is 10.4. The fraction of sp³-hybridized carbons (Fsp3) is 0.875. The molecule has 0 fully saturated rings. The van der Waals surface area contributed by atoms with E-state index in [0.29, 0.717) is 0 Å². The number of hydrogen-bond acceptors (Lipinski definition) is 2. The third-order valence-electron chi connectivity index (χ3n) is 1.76. The van der Waals surface area contributed by atoms with Crippen molar-refractivity contribution in [3.8, 4) is 0 Å². The molecule has 0 N–H and O–H groups in total. The Balaban J connectivity index is 2.47. The second kappa shape index (κ2) is 4.54. The molecule has 0 aromatic rings. The van der Waals surface area contributed by atoms with Crippen LogP contribution in [0.5, 0.6) is 0 Å². The van der Waals surface area contributed by atoms with Crippen molar-refractivity contribution in [1.82, 2.24) is 0 Å². The van der Waals surface area contributed by atoms with Crippen molar-refractivity contribution in [3.63, 3.8) is 0 Å². The van der Waals surface area contributed by atoms with Crippen molar-refractivity contribution in [2.45, 2.75) is 32.7 Å². The predicted molar refractivity (Wildman–Crippen MR) is 48.1 cm³/mol. The maximum Gasteiger partial charge on any atom is 0.273 e. The van der Waals surface area contributed by atoms with Gasteiger partial charge >= 0.3 is 0 Å². The molecule has 0 unspecified atom stereocenters. The van der Waals surface area contributed by atoms with Gasteiger partial charge in [-0.05, 0) is 26.3 Å².